The van der Waals surface area contributed by atoms with Gasteiger partial charge in [-0.05, 0) is 13.3 Å². The monoisotopic (exact) mass is 182 g/mol. The topological polar surface area (TPSA) is 65.4 Å². The lowest BCUT2D eigenvalue weighted by atomic mass is 10.2. The molecule has 0 bridgehead atoms. The van der Waals surface area contributed by atoms with Crippen LogP contribution in [0.1, 0.15) is 26.7 Å². The van der Waals surface area contributed by atoms with Crippen LogP contribution in [0.2, 0.25) is 0 Å². The highest BCUT2D eigenvalue weighted by Crippen LogP contribution is 1.99. The Hall–Kier alpha value is -1.24. The van der Waals surface area contributed by atoms with E-state index in [0.717, 1.165) is 13.0 Å². The van der Waals surface area contributed by atoms with E-state index in [-0.39, 0.29) is 6.04 Å². The van der Waals surface area contributed by atoms with Crippen LogP contribution in [0.5, 0.6) is 0 Å². The largest absolute Gasteiger partial charge is 0.370 e. The maximum atomic E-state index is 8.49. The van der Waals surface area contributed by atoms with E-state index >= 15 is 0 Å². The van der Waals surface area contributed by atoms with Crippen molar-refractivity contribution < 1.29 is 0 Å². The molecule has 0 saturated heterocycles. The van der Waals surface area contributed by atoms with Crippen LogP contribution in [0, 0.1) is 11.3 Å². The quantitative estimate of drug-likeness (QED) is 0.520. The standard InChI is InChI=1S/C9H18N4/c1-4-7-12-9(11)13(3)8(2)5-6-10/h8H,4-5,7H2,1-3H3,(H2,11,12). The average molecular weight is 182 g/mol. The number of hydrogen-bond acceptors (Lipinski definition) is 2. The van der Waals surface area contributed by atoms with E-state index in [0.29, 0.717) is 12.4 Å². The second-order valence-electron chi connectivity index (χ2n) is 3.06. The van der Waals surface area contributed by atoms with Crippen LogP contribution >= 0.6 is 0 Å². The number of hydrogen-bond donors (Lipinski definition) is 1. The third-order valence-electron chi connectivity index (χ3n) is 1.91. The van der Waals surface area contributed by atoms with Crippen molar-refractivity contribution in [3.05, 3.63) is 0 Å². The Kier molecular flexibility index (Phi) is 5.69. The summed E-state index contributed by atoms with van der Waals surface area (Å²) in [4.78, 5) is 5.99. The van der Waals surface area contributed by atoms with Crippen LogP contribution in [0.25, 0.3) is 0 Å². The lowest BCUT2D eigenvalue weighted by Crippen LogP contribution is -2.40. The van der Waals surface area contributed by atoms with Gasteiger partial charge in [0.15, 0.2) is 5.96 Å². The van der Waals surface area contributed by atoms with E-state index in [2.05, 4.69) is 18.0 Å². The molecule has 0 aromatic rings. The Morgan fingerprint density at radius 2 is 2.31 bits per heavy atom. The van der Waals surface area contributed by atoms with Crippen LogP contribution in [-0.2, 0) is 0 Å². The van der Waals surface area contributed by atoms with Crippen LogP contribution in [0.3, 0.4) is 0 Å². The highest BCUT2D eigenvalue weighted by Gasteiger charge is 2.09. The normalized spacial score (nSPS) is 13.5. The molecule has 0 amide bonds. The van der Waals surface area contributed by atoms with Crippen LogP contribution in [-0.4, -0.2) is 30.5 Å². The lowest BCUT2D eigenvalue weighted by molar-refractivity contribution is 0.390. The Morgan fingerprint density at radius 3 is 2.77 bits per heavy atom. The fraction of sp³-hybridized carbons (Fsp3) is 0.778. The zero-order valence-electron chi connectivity index (χ0n) is 8.62. The second kappa shape index (κ2) is 6.30. The van der Waals surface area contributed by atoms with E-state index in [1.54, 1.807) is 0 Å². The summed E-state index contributed by atoms with van der Waals surface area (Å²) in [5.41, 5.74) is 5.70. The predicted molar refractivity (Wildman–Crippen MR) is 54.2 cm³/mol. The molecule has 2 N–H and O–H groups in total. The molecule has 0 aliphatic rings. The van der Waals surface area contributed by atoms with Crippen molar-refractivity contribution in [2.45, 2.75) is 32.7 Å². The first kappa shape index (κ1) is 11.8. The van der Waals surface area contributed by atoms with Gasteiger partial charge in [-0.3, -0.25) is 4.99 Å². The molecule has 4 heteroatoms. The van der Waals surface area contributed by atoms with Crippen molar-refractivity contribution in [3.63, 3.8) is 0 Å². The van der Waals surface area contributed by atoms with Gasteiger partial charge < -0.3 is 10.6 Å². The van der Waals surface area contributed by atoms with Gasteiger partial charge in [0.1, 0.15) is 0 Å². The summed E-state index contributed by atoms with van der Waals surface area (Å²) in [6.07, 6.45) is 1.46. The molecular weight excluding hydrogens is 164 g/mol. The average Bonchev–Trinajstić information content (AvgIpc) is 2.13. The molecule has 0 aliphatic carbocycles. The first-order valence-electron chi connectivity index (χ1n) is 4.53. The van der Waals surface area contributed by atoms with Crippen molar-refractivity contribution in [2.75, 3.05) is 13.6 Å². The number of guanidine groups is 1. The molecule has 13 heavy (non-hydrogen) atoms. The molecule has 0 fully saturated rings. The smallest absolute Gasteiger partial charge is 0.191 e. The summed E-state index contributed by atoms with van der Waals surface area (Å²) in [5, 5.41) is 8.49. The molecule has 0 spiro atoms. The van der Waals surface area contributed by atoms with Crippen LogP contribution in [0.4, 0.5) is 0 Å². The molecule has 0 aromatic carbocycles. The molecule has 1 unspecified atom stereocenters. The lowest BCUT2D eigenvalue weighted by Gasteiger charge is -2.23. The van der Waals surface area contributed by atoms with Gasteiger partial charge in [-0.15, -0.1) is 0 Å². The van der Waals surface area contributed by atoms with Crippen molar-refractivity contribution in [1.82, 2.24) is 4.90 Å². The minimum absolute atomic E-state index is 0.130. The van der Waals surface area contributed by atoms with Gasteiger partial charge in [0, 0.05) is 19.6 Å². The highest BCUT2D eigenvalue weighted by atomic mass is 15.2. The third-order valence-corrected chi connectivity index (χ3v) is 1.91. The van der Waals surface area contributed by atoms with Gasteiger partial charge in [-0.1, -0.05) is 6.92 Å². The van der Waals surface area contributed by atoms with Gasteiger partial charge in [-0.2, -0.15) is 5.26 Å². The Morgan fingerprint density at radius 1 is 1.69 bits per heavy atom. The molecule has 0 saturated carbocycles. The minimum atomic E-state index is 0.130. The SMILES string of the molecule is CCCN=C(N)N(C)C(C)CC#N. The number of nitriles is 1. The maximum Gasteiger partial charge on any atom is 0.191 e. The molecule has 0 radical (unpaired) electrons. The summed E-state index contributed by atoms with van der Waals surface area (Å²) in [5.74, 6) is 0.518. The minimum Gasteiger partial charge on any atom is -0.370 e. The van der Waals surface area contributed by atoms with E-state index in [1.807, 2.05) is 18.9 Å². The first-order chi connectivity index (χ1) is 6.13. The molecule has 0 rings (SSSR count). The van der Waals surface area contributed by atoms with Crippen molar-refractivity contribution in [2.24, 2.45) is 10.7 Å². The number of aliphatic imine (C=N–C) groups is 1. The van der Waals surface area contributed by atoms with Gasteiger partial charge in [0.25, 0.3) is 0 Å². The van der Waals surface area contributed by atoms with Crippen molar-refractivity contribution in [1.29, 1.82) is 5.26 Å². The number of rotatable bonds is 4. The zero-order chi connectivity index (χ0) is 10.3. The van der Waals surface area contributed by atoms with E-state index in [9.17, 15) is 0 Å². The highest BCUT2D eigenvalue weighted by molar-refractivity contribution is 5.78. The summed E-state index contributed by atoms with van der Waals surface area (Å²) in [6.45, 7) is 4.75. The van der Waals surface area contributed by atoms with Gasteiger partial charge >= 0.3 is 0 Å². The molecule has 4 nitrogen and oxygen atoms in total. The Balaban J connectivity index is 4.08. The fourth-order valence-corrected chi connectivity index (χ4v) is 0.833. The summed E-state index contributed by atoms with van der Waals surface area (Å²) < 4.78 is 0. The summed E-state index contributed by atoms with van der Waals surface area (Å²) >= 11 is 0. The number of nitrogens with zero attached hydrogens (tertiary/aromatic N) is 3. The summed E-state index contributed by atoms with van der Waals surface area (Å²) in [7, 11) is 1.86. The fourth-order valence-electron chi connectivity index (χ4n) is 0.833. The van der Waals surface area contributed by atoms with Crippen molar-refractivity contribution >= 4 is 5.96 Å². The van der Waals surface area contributed by atoms with Gasteiger partial charge in [0.2, 0.25) is 0 Å². The molecule has 1 atom stereocenters. The predicted octanol–water partition coefficient (Wildman–Crippen LogP) is 0.945. The molecule has 74 valence electrons. The molecule has 0 heterocycles. The first-order valence-corrected chi connectivity index (χ1v) is 4.53. The number of nitrogens with two attached hydrogens (primary N) is 1. The van der Waals surface area contributed by atoms with Crippen LogP contribution in [0.15, 0.2) is 4.99 Å². The Bertz CT molecular complexity index is 204. The second-order valence-corrected chi connectivity index (χ2v) is 3.06. The molecule has 0 aromatic heterocycles. The maximum absolute atomic E-state index is 8.49. The third kappa shape index (κ3) is 4.36. The molecular formula is C9H18N4. The zero-order valence-corrected chi connectivity index (χ0v) is 8.62. The van der Waals surface area contributed by atoms with Gasteiger partial charge in [0.05, 0.1) is 12.5 Å². The van der Waals surface area contributed by atoms with E-state index in [4.69, 9.17) is 11.0 Å². The summed E-state index contributed by atoms with van der Waals surface area (Å²) in [6, 6.07) is 2.24. The van der Waals surface area contributed by atoms with Crippen LogP contribution < -0.4 is 5.73 Å². The van der Waals surface area contributed by atoms with Crippen molar-refractivity contribution in [3.8, 4) is 6.07 Å². The molecule has 0 aliphatic heterocycles. The van der Waals surface area contributed by atoms with E-state index < -0.39 is 0 Å². The van der Waals surface area contributed by atoms with Gasteiger partial charge in [-0.25, -0.2) is 0 Å². The Labute approximate surface area is 80.0 Å². The van der Waals surface area contributed by atoms with E-state index in [1.165, 1.54) is 0 Å².